The molecule has 32 heteroatoms. The first-order chi connectivity index (χ1) is 39.3. The van der Waals surface area contributed by atoms with Crippen LogP contribution in [0.3, 0.4) is 0 Å². The lowest BCUT2D eigenvalue weighted by molar-refractivity contribution is -0.198. The fourth-order valence-electron chi connectivity index (χ4n) is 9.42. The number of anilines is 3. The van der Waals surface area contributed by atoms with Gasteiger partial charge >= 0.3 is 6.03 Å². The van der Waals surface area contributed by atoms with Crippen molar-refractivity contribution in [3.63, 3.8) is 0 Å². The number of hydrogen-bond acceptors (Lipinski definition) is 22. The number of nitrogen functional groups attached to an aromatic ring is 1. The number of nitrogens with one attached hydrogen (secondary N) is 6. The number of hydrogen-bond donors (Lipinski definition) is 7. The number of rotatable bonds is 13. The molecular formula is C53H72N16O14S2. The van der Waals surface area contributed by atoms with Crippen molar-refractivity contribution in [1.82, 2.24) is 59.1 Å². The van der Waals surface area contributed by atoms with E-state index in [1.165, 1.54) is 73.6 Å². The molecule has 4 aliphatic heterocycles. The zero-order valence-electron chi connectivity index (χ0n) is 48.1. The van der Waals surface area contributed by atoms with Crippen LogP contribution in [0, 0.1) is 0 Å². The number of sulfonamides is 2. The summed E-state index contributed by atoms with van der Waals surface area (Å²) >= 11 is 0. The fraction of sp³-hybridized carbons (Fsp3) is 0.509. The minimum absolute atomic E-state index is 0. The topological polar surface area (TPSA) is 390 Å². The van der Waals surface area contributed by atoms with Crippen LogP contribution in [0.25, 0.3) is 22.3 Å². The first kappa shape index (κ1) is 65.1. The van der Waals surface area contributed by atoms with Crippen molar-refractivity contribution in [3.05, 3.63) is 73.8 Å². The average Bonchev–Trinajstić information content (AvgIpc) is 2.01. The van der Waals surface area contributed by atoms with E-state index in [1.54, 1.807) is 70.9 Å². The van der Waals surface area contributed by atoms with Crippen LogP contribution in [0.1, 0.15) is 103 Å². The molecule has 2 aromatic carbocycles. The summed E-state index contributed by atoms with van der Waals surface area (Å²) in [7, 11) is -7.26. The van der Waals surface area contributed by atoms with Gasteiger partial charge in [0.05, 0.1) is 28.1 Å². The molecule has 4 aliphatic rings. The number of carbonyl (C=O) groups is 3. The number of fused-ring (bicyclic) bond motifs is 4. The van der Waals surface area contributed by atoms with Gasteiger partial charge in [-0.3, -0.25) is 24.0 Å². The molecule has 4 aromatic heterocycles. The zero-order chi connectivity index (χ0) is 61.3. The molecule has 8 N–H and O–H groups in total. The number of likely N-dealkylation sites (N-methyl/N-ethyl adjacent to an activating group) is 2. The third kappa shape index (κ3) is 15.1. The molecular weight excluding hydrogens is 1150 g/mol. The van der Waals surface area contributed by atoms with Crippen molar-refractivity contribution in [2.24, 2.45) is 4.99 Å². The van der Waals surface area contributed by atoms with E-state index < -0.39 is 97.8 Å². The van der Waals surface area contributed by atoms with Crippen LogP contribution in [-0.4, -0.2) is 152 Å². The first-order valence-corrected chi connectivity index (χ1v) is 29.4. The highest BCUT2D eigenvalue weighted by Gasteiger charge is 2.59. The quantitative estimate of drug-likeness (QED) is 0.0621. The van der Waals surface area contributed by atoms with Gasteiger partial charge in [0.15, 0.2) is 64.7 Å². The van der Waals surface area contributed by atoms with Crippen LogP contribution in [0.2, 0.25) is 0 Å². The summed E-state index contributed by atoms with van der Waals surface area (Å²) in [5.74, 6) is -1.88. The standard InChI is InChI=1S/C26H34N8O7S.C15H20N6O4.C11H14N2O3S.CH4/c1-7-27-22(35)18-17-19(41-26(5,6)40-17)23(39-18)34-13-30-16-20(28-12-29-21(16)34)32-24(36)31-14-8-10-15(11-9-14)42(37,38)33-25(2,3)4;1-4-17-13(22)9-8-10(25-15(2,3)24-8)14(23-9)21-6-20-7-11(16)18-5-19-12(7)21;1-11(2,3)13-17(15,16)10-6-4-9(5-7-10)12-8-14;/h8-13,17-19,23,33H,7H2,1-6H3,(H,27,35)(H2,28,29,31,32,36);5-6,8-10,14H,4H2,1-3H3,(H,17,22)(H2,16,18,19);4-7,13H,1-3H3;1H4/t17-,18+,19-,23-;8-,9+,10-,14-;;/m11../s1. The van der Waals surface area contributed by atoms with E-state index in [9.17, 15) is 36.0 Å². The maximum absolute atomic E-state index is 12.8. The van der Waals surface area contributed by atoms with Crippen LogP contribution >= 0.6 is 0 Å². The molecule has 0 bridgehead atoms. The average molecular weight is 1220 g/mol. The Morgan fingerprint density at radius 3 is 1.49 bits per heavy atom. The maximum atomic E-state index is 12.8. The predicted octanol–water partition coefficient (Wildman–Crippen LogP) is 4.43. The van der Waals surface area contributed by atoms with Crippen molar-refractivity contribution in [2.75, 3.05) is 29.5 Å². The Bertz CT molecular complexity index is 3680. The van der Waals surface area contributed by atoms with Crippen molar-refractivity contribution < 1.29 is 64.4 Å². The largest absolute Gasteiger partial charge is 0.382 e. The number of amides is 4. The normalized spacial score (nSPS) is 23.0. The van der Waals surface area contributed by atoms with E-state index in [2.05, 4.69) is 65.6 Å². The number of carbonyl (C=O) groups excluding carboxylic acids is 4. The van der Waals surface area contributed by atoms with Gasteiger partial charge in [0.1, 0.15) is 42.6 Å². The zero-order valence-corrected chi connectivity index (χ0v) is 49.7. The molecule has 10 rings (SSSR count). The van der Waals surface area contributed by atoms with Gasteiger partial charge in [-0.15, -0.1) is 0 Å². The Hall–Kier alpha value is -7.49. The number of ether oxygens (including phenoxy) is 6. The lowest BCUT2D eigenvalue weighted by atomic mass is 10.1. The monoisotopic (exact) mass is 1220 g/mol. The summed E-state index contributed by atoms with van der Waals surface area (Å²) in [6, 6.07) is 10.8. The molecule has 30 nitrogen and oxygen atoms in total. The third-order valence-corrected chi connectivity index (χ3v) is 16.0. The lowest BCUT2D eigenvalue weighted by Crippen LogP contribution is -2.42. The van der Waals surface area contributed by atoms with Gasteiger partial charge in [-0.05, 0) is 132 Å². The maximum Gasteiger partial charge on any atom is 0.324 e. The molecule has 0 unspecified atom stereocenters. The second-order valence-corrected chi connectivity index (χ2v) is 25.8. The van der Waals surface area contributed by atoms with E-state index in [1.807, 2.05) is 27.7 Å². The van der Waals surface area contributed by atoms with Crippen molar-refractivity contribution in [3.8, 4) is 0 Å². The lowest BCUT2D eigenvalue weighted by Gasteiger charge is -2.24. The van der Waals surface area contributed by atoms with Crippen LogP contribution in [0.4, 0.5) is 27.8 Å². The highest BCUT2D eigenvalue weighted by molar-refractivity contribution is 7.89. The van der Waals surface area contributed by atoms with E-state index in [0.29, 0.717) is 41.3 Å². The summed E-state index contributed by atoms with van der Waals surface area (Å²) in [6.45, 7) is 22.3. The third-order valence-electron chi connectivity index (χ3n) is 12.4. The van der Waals surface area contributed by atoms with Gasteiger partial charge in [0.25, 0.3) is 11.8 Å². The predicted molar refractivity (Wildman–Crippen MR) is 308 cm³/mol. The summed E-state index contributed by atoms with van der Waals surface area (Å²) in [6.07, 6.45) is 1.70. The molecule has 4 fully saturated rings. The number of urea groups is 1. The summed E-state index contributed by atoms with van der Waals surface area (Å²) < 4.78 is 93.4. The van der Waals surface area contributed by atoms with E-state index in [4.69, 9.17) is 34.2 Å². The summed E-state index contributed by atoms with van der Waals surface area (Å²) in [5.41, 5.74) is 7.00. The molecule has 0 saturated carbocycles. The number of nitrogens with two attached hydrogens (primary N) is 1. The Balaban J connectivity index is 0.000000203. The van der Waals surface area contributed by atoms with Gasteiger partial charge < -0.3 is 50.1 Å². The Labute approximate surface area is 491 Å². The van der Waals surface area contributed by atoms with Crippen molar-refractivity contribution in [1.29, 1.82) is 0 Å². The van der Waals surface area contributed by atoms with E-state index in [-0.39, 0.29) is 46.2 Å². The van der Waals surface area contributed by atoms with Crippen LogP contribution in [-0.2, 0) is 62.9 Å². The Kier molecular flexibility index (Phi) is 19.3. The molecule has 6 aromatic rings. The second kappa shape index (κ2) is 25.2. The minimum Gasteiger partial charge on any atom is -0.382 e. The van der Waals surface area contributed by atoms with E-state index >= 15 is 0 Å². The smallest absolute Gasteiger partial charge is 0.324 e. The minimum atomic E-state index is -3.72. The van der Waals surface area contributed by atoms with Crippen molar-refractivity contribution >= 4 is 89.3 Å². The number of isocyanates is 1. The summed E-state index contributed by atoms with van der Waals surface area (Å²) in [5, 5.41) is 10.8. The molecule has 4 saturated heterocycles. The molecule has 0 radical (unpaired) electrons. The van der Waals surface area contributed by atoms with Crippen molar-refractivity contribution in [2.45, 2.75) is 172 Å². The Morgan fingerprint density at radius 1 is 0.624 bits per heavy atom. The molecule has 8 atom stereocenters. The van der Waals surface area contributed by atoms with Crippen LogP contribution < -0.4 is 36.4 Å². The van der Waals surface area contributed by atoms with Gasteiger partial charge in [0, 0.05) is 29.9 Å². The molecule has 460 valence electrons. The number of imidazole rings is 2. The van der Waals surface area contributed by atoms with E-state index in [0.717, 1.165) is 0 Å². The van der Waals surface area contributed by atoms with Gasteiger partial charge in [-0.2, -0.15) is 4.99 Å². The highest BCUT2D eigenvalue weighted by atomic mass is 32.2. The van der Waals surface area contributed by atoms with Gasteiger partial charge in [-0.25, -0.2) is 65.8 Å². The molecule has 85 heavy (non-hydrogen) atoms. The van der Waals surface area contributed by atoms with Gasteiger partial charge in [0.2, 0.25) is 26.1 Å². The molecule has 0 aliphatic carbocycles. The highest BCUT2D eigenvalue weighted by Crippen LogP contribution is 2.45. The fourth-order valence-corrected chi connectivity index (χ4v) is 12.3. The number of aromatic nitrogens is 8. The SMILES string of the molecule is C.CC(C)(C)NS(=O)(=O)c1ccc(N=C=O)cc1.CCNC(=O)[C@H]1O[C@@H](n2cnc3c(N)ncnc32)[C@@H]2OC(C)(C)O[C@@H]21.CCNC(=O)[C@H]1O[C@@H](n2cnc3c(NC(=O)Nc4ccc(S(=O)(=O)NC(C)(C)C)cc4)ncnc32)[C@@H]2OC(C)(C)O[C@@H]21. The molecule has 4 amide bonds. The second-order valence-electron chi connectivity index (χ2n) is 22.5. The molecule has 8 heterocycles. The first-order valence-electron chi connectivity index (χ1n) is 26.4. The van der Waals surface area contributed by atoms with Crippen LogP contribution in [0.15, 0.2) is 88.6 Å². The number of aliphatic imine (C=N–C) groups is 1. The van der Waals surface area contributed by atoms with Crippen LogP contribution in [0.5, 0.6) is 0 Å². The number of benzene rings is 2. The summed E-state index contributed by atoms with van der Waals surface area (Å²) in [4.78, 5) is 76.8. The van der Waals surface area contributed by atoms with Gasteiger partial charge in [-0.1, -0.05) is 7.43 Å². The number of nitrogens with zero attached hydrogens (tertiary/aromatic N) is 9. The molecule has 0 spiro atoms. The Morgan fingerprint density at radius 2 is 1.05 bits per heavy atom.